The van der Waals surface area contributed by atoms with Gasteiger partial charge in [-0.05, 0) is 35.9 Å². The number of aliphatic imine (C=N–C) groups is 1. The summed E-state index contributed by atoms with van der Waals surface area (Å²) in [6.45, 7) is 0. The maximum atomic E-state index is 13.2. The molecule has 0 fully saturated rings. The van der Waals surface area contributed by atoms with Crippen molar-refractivity contribution in [1.29, 1.82) is 0 Å². The van der Waals surface area contributed by atoms with E-state index in [1.54, 1.807) is 6.08 Å². The highest BCUT2D eigenvalue weighted by molar-refractivity contribution is 8.14. The molecule has 1 heterocycles. The number of nitrogens with zero attached hydrogens (tertiary/aromatic N) is 2. The quantitative estimate of drug-likeness (QED) is 0.717. The predicted octanol–water partition coefficient (Wildman–Crippen LogP) is 3.35. The molecule has 1 aliphatic rings. The van der Waals surface area contributed by atoms with Gasteiger partial charge in [0.25, 0.3) is 5.91 Å². The number of rotatable bonds is 5. The van der Waals surface area contributed by atoms with Crippen LogP contribution in [0, 0.1) is 5.82 Å². The van der Waals surface area contributed by atoms with Crippen LogP contribution in [0.15, 0.2) is 65.3 Å². The highest BCUT2D eigenvalue weighted by Crippen LogP contribution is 2.29. The first-order chi connectivity index (χ1) is 12.8. The zero-order valence-electron chi connectivity index (χ0n) is 14.5. The van der Waals surface area contributed by atoms with E-state index in [1.807, 2.05) is 30.3 Å². The van der Waals surface area contributed by atoms with Gasteiger partial charge in [0.15, 0.2) is 5.17 Å². The van der Waals surface area contributed by atoms with Crippen LogP contribution in [0.25, 0.3) is 6.08 Å². The van der Waals surface area contributed by atoms with Crippen molar-refractivity contribution < 1.29 is 17.6 Å². The van der Waals surface area contributed by atoms with E-state index in [4.69, 9.17) is 0 Å². The van der Waals surface area contributed by atoms with Crippen LogP contribution in [0.3, 0.4) is 0 Å². The number of carbonyl (C=O) groups excluding carboxylic acids is 1. The summed E-state index contributed by atoms with van der Waals surface area (Å²) in [6, 6.07) is 14.8. The molecule has 0 unspecified atom stereocenters. The molecule has 0 saturated heterocycles. The molecule has 27 heavy (non-hydrogen) atoms. The molecule has 8 heteroatoms. The van der Waals surface area contributed by atoms with Gasteiger partial charge in [-0.25, -0.2) is 17.8 Å². The van der Waals surface area contributed by atoms with Gasteiger partial charge in [0.1, 0.15) is 21.4 Å². The molecular formula is C19H17FN2O3S2. The maximum absolute atomic E-state index is 13.2. The van der Waals surface area contributed by atoms with Crippen molar-refractivity contribution in [3.8, 4) is 0 Å². The van der Waals surface area contributed by atoms with Gasteiger partial charge in [-0.3, -0.25) is 9.69 Å². The molecule has 2 aromatic rings. The number of amides is 1. The molecule has 0 atom stereocenters. The van der Waals surface area contributed by atoms with Crippen molar-refractivity contribution >= 4 is 44.4 Å². The molecule has 0 aromatic heterocycles. The molecule has 1 aliphatic heterocycles. The lowest BCUT2D eigenvalue weighted by atomic mass is 10.2. The number of hydrogen-bond acceptors (Lipinski definition) is 5. The lowest BCUT2D eigenvalue weighted by Crippen LogP contribution is -2.30. The molecule has 0 radical (unpaired) electrons. The third kappa shape index (κ3) is 5.05. The zero-order chi connectivity index (χ0) is 19.4. The Morgan fingerprint density at radius 3 is 2.41 bits per heavy atom. The van der Waals surface area contributed by atoms with Crippen LogP contribution >= 0.6 is 11.8 Å². The van der Waals surface area contributed by atoms with Crippen LogP contribution in [0.4, 0.5) is 10.1 Å². The van der Waals surface area contributed by atoms with Crippen LogP contribution in [-0.2, 0) is 14.6 Å². The number of amidine groups is 1. The van der Waals surface area contributed by atoms with Crippen LogP contribution < -0.4 is 4.90 Å². The van der Waals surface area contributed by atoms with Crippen LogP contribution in [0.2, 0.25) is 0 Å². The SMILES string of the molecule is CS(=O)(=O)CCSC1=N/C(=C\c2ccccc2)C(=O)N1c1ccc(F)cc1. The normalized spacial score (nSPS) is 16.1. The van der Waals surface area contributed by atoms with Gasteiger partial charge in [0.2, 0.25) is 0 Å². The van der Waals surface area contributed by atoms with E-state index in [0.717, 1.165) is 11.8 Å². The Bertz CT molecular complexity index is 1000. The molecule has 0 bridgehead atoms. The van der Waals surface area contributed by atoms with Gasteiger partial charge in [-0.2, -0.15) is 0 Å². The lowest BCUT2D eigenvalue weighted by Gasteiger charge is -2.17. The summed E-state index contributed by atoms with van der Waals surface area (Å²) in [5, 5.41) is 0.373. The molecular weight excluding hydrogens is 387 g/mol. The van der Waals surface area contributed by atoms with Crippen molar-refractivity contribution in [2.24, 2.45) is 4.99 Å². The van der Waals surface area contributed by atoms with Crippen molar-refractivity contribution in [2.45, 2.75) is 0 Å². The number of anilines is 1. The topological polar surface area (TPSA) is 66.8 Å². The van der Waals surface area contributed by atoms with Crippen molar-refractivity contribution in [1.82, 2.24) is 0 Å². The maximum Gasteiger partial charge on any atom is 0.283 e. The van der Waals surface area contributed by atoms with Gasteiger partial charge in [-0.1, -0.05) is 42.1 Å². The highest BCUT2D eigenvalue weighted by atomic mass is 32.2. The smallest absolute Gasteiger partial charge is 0.266 e. The largest absolute Gasteiger partial charge is 0.283 e. The van der Waals surface area contributed by atoms with Gasteiger partial charge < -0.3 is 0 Å². The van der Waals surface area contributed by atoms with Gasteiger partial charge in [-0.15, -0.1) is 0 Å². The lowest BCUT2D eigenvalue weighted by molar-refractivity contribution is -0.113. The Morgan fingerprint density at radius 2 is 1.78 bits per heavy atom. The molecule has 0 saturated carbocycles. The summed E-state index contributed by atoms with van der Waals surface area (Å²) in [4.78, 5) is 18.7. The predicted molar refractivity (Wildman–Crippen MR) is 108 cm³/mol. The number of thioether (sulfide) groups is 1. The van der Waals surface area contributed by atoms with E-state index in [9.17, 15) is 17.6 Å². The Balaban J connectivity index is 1.92. The minimum absolute atomic E-state index is 0.0279. The van der Waals surface area contributed by atoms with Crippen LogP contribution in [0.5, 0.6) is 0 Å². The fourth-order valence-corrected chi connectivity index (χ4v) is 4.61. The number of sulfone groups is 1. The summed E-state index contributed by atoms with van der Waals surface area (Å²) in [6.07, 6.45) is 2.83. The second-order valence-corrected chi connectivity index (χ2v) is 9.25. The number of hydrogen-bond donors (Lipinski definition) is 0. The minimum Gasteiger partial charge on any atom is -0.266 e. The molecule has 0 aliphatic carbocycles. The first kappa shape index (κ1) is 19.3. The Kier molecular flexibility index (Phi) is 5.76. The average molecular weight is 404 g/mol. The summed E-state index contributed by atoms with van der Waals surface area (Å²) in [5.74, 6) is -0.512. The Labute approximate surface area is 161 Å². The molecule has 1 amide bonds. The first-order valence-corrected chi connectivity index (χ1v) is 11.1. The summed E-state index contributed by atoms with van der Waals surface area (Å²) < 4.78 is 36.0. The second kappa shape index (κ2) is 8.06. The monoisotopic (exact) mass is 404 g/mol. The van der Waals surface area contributed by atoms with E-state index in [0.29, 0.717) is 10.9 Å². The fourth-order valence-electron chi connectivity index (χ4n) is 2.40. The molecule has 140 valence electrons. The average Bonchev–Trinajstić information content (AvgIpc) is 2.91. The molecule has 0 spiro atoms. The van der Waals surface area contributed by atoms with Crippen LogP contribution in [-0.4, -0.2) is 37.3 Å². The van der Waals surface area contributed by atoms with Crippen LogP contribution in [0.1, 0.15) is 5.56 Å². The van der Waals surface area contributed by atoms with Crippen molar-refractivity contribution in [3.63, 3.8) is 0 Å². The van der Waals surface area contributed by atoms with Gasteiger partial charge in [0.05, 0.1) is 11.4 Å². The fraction of sp³-hybridized carbons (Fsp3) is 0.158. The van der Waals surface area contributed by atoms with Gasteiger partial charge in [0, 0.05) is 12.0 Å². The van der Waals surface area contributed by atoms with E-state index in [2.05, 4.69) is 4.99 Å². The molecule has 0 N–H and O–H groups in total. The molecule has 2 aromatic carbocycles. The van der Waals surface area contributed by atoms with E-state index >= 15 is 0 Å². The van der Waals surface area contributed by atoms with Crippen molar-refractivity contribution in [3.05, 3.63) is 71.7 Å². The number of benzene rings is 2. The summed E-state index contributed by atoms with van der Waals surface area (Å²) >= 11 is 1.18. The zero-order valence-corrected chi connectivity index (χ0v) is 16.1. The van der Waals surface area contributed by atoms with E-state index < -0.39 is 15.7 Å². The van der Waals surface area contributed by atoms with Crippen molar-refractivity contribution in [2.75, 3.05) is 22.7 Å². The van der Waals surface area contributed by atoms with Gasteiger partial charge >= 0.3 is 0 Å². The molecule has 3 rings (SSSR count). The summed E-state index contributed by atoms with van der Waals surface area (Å²) in [7, 11) is -3.12. The number of halogens is 1. The second-order valence-electron chi connectivity index (χ2n) is 5.93. The van der Waals surface area contributed by atoms with E-state index in [-0.39, 0.29) is 23.1 Å². The highest BCUT2D eigenvalue weighted by Gasteiger charge is 2.32. The number of carbonyl (C=O) groups is 1. The third-order valence-corrected chi connectivity index (χ3v) is 5.85. The standard InChI is InChI=1S/C19H17FN2O3S2/c1-27(24,25)12-11-26-19-21-17(13-14-5-3-2-4-6-14)18(23)22(19)16-9-7-15(20)8-10-16/h2-10,13H,11-12H2,1H3/b17-13-. The molecule has 5 nitrogen and oxygen atoms in total. The summed E-state index contributed by atoms with van der Waals surface area (Å²) in [5.41, 5.74) is 1.54. The van der Waals surface area contributed by atoms with E-state index in [1.165, 1.54) is 40.9 Å². The third-order valence-electron chi connectivity index (χ3n) is 3.70. The Hall–Kier alpha value is -2.45. The Morgan fingerprint density at radius 1 is 1.11 bits per heavy atom. The minimum atomic E-state index is -3.12. The first-order valence-electron chi connectivity index (χ1n) is 8.09.